The maximum atomic E-state index is 9.81. The Labute approximate surface area is 121 Å². The molecule has 3 rings (SSSR count). The number of hydrogen-bond donors (Lipinski definition) is 1. The van der Waals surface area contributed by atoms with E-state index >= 15 is 0 Å². The van der Waals surface area contributed by atoms with Crippen molar-refractivity contribution in [1.82, 2.24) is 0 Å². The van der Waals surface area contributed by atoms with Gasteiger partial charge in [-0.15, -0.1) is 0 Å². The van der Waals surface area contributed by atoms with Crippen molar-refractivity contribution in [3.8, 4) is 0 Å². The molecular formula is C16H23BO3. The Morgan fingerprint density at radius 2 is 1.60 bits per heavy atom. The van der Waals surface area contributed by atoms with Gasteiger partial charge >= 0.3 is 7.12 Å². The summed E-state index contributed by atoms with van der Waals surface area (Å²) in [6.07, 6.45) is 1.72. The quantitative estimate of drug-likeness (QED) is 0.839. The summed E-state index contributed by atoms with van der Waals surface area (Å²) in [6, 6.07) is 8.46. The van der Waals surface area contributed by atoms with Crippen LogP contribution in [0.1, 0.15) is 45.1 Å². The van der Waals surface area contributed by atoms with Crippen LogP contribution in [0.2, 0.25) is 0 Å². The molecule has 2 fully saturated rings. The summed E-state index contributed by atoms with van der Waals surface area (Å²) in [5.41, 5.74) is 2.02. The van der Waals surface area contributed by atoms with E-state index in [-0.39, 0.29) is 12.5 Å². The third-order valence-electron chi connectivity index (χ3n) is 4.30. The Balaban J connectivity index is 1.62. The first kappa shape index (κ1) is 14.1. The number of benzene rings is 1. The summed E-state index contributed by atoms with van der Waals surface area (Å²) < 4.78 is 11.6. The summed E-state index contributed by atoms with van der Waals surface area (Å²) in [7, 11) is -0.235. The van der Waals surface area contributed by atoms with Crippen LogP contribution in [0.5, 0.6) is 0 Å². The second-order valence-corrected chi connectivity index (χ2v) is 7.39. The Hall–Kier alpha value is -0.835. The maximum absolute atomic E-state index is 9.81. The first-order valence-electron chi connectivity index (χ1n) is 7.40. The molecule has 4 heteroatoms. The van der Waals surface area contributed by atoms with Gasteiger partial charge in [0.1, 0.15) is 0 Å². The summed E-state index contributed by atoms with van der Waals surface area (Å²) in [5.74, 6) is 0.492. The lowest BCUT2D eigenvalue weighted by Crippen LogP contribution is -2.47. The van der Waals surface area contributed by atoms with Crippen molar-refractivity contribution in [2.45, 2.75) is 45.1 Å². The molecular weight excluding hydrogens is 251 g/mol. The highest BCUT2D eigenvalue weighted by atomic mass is 16.6. The van der Waals surface area contributed by atoms with Gasteiger partial charge in [-0.25, -0.2) is 0 Å². The summed E-state index contributed by atoms with van der Waals surface area (Å²) in [6.45, 7) is 7.66. The van der Waals surface area contributed by atoms with Crippen molar-refractivity contribution >= 4 is 12.6 Å². The first-order valence-corrected chi connectivity index (χ1v) is 7.40. The Bertz CT molecular complexity index is 463. The molecule has 1 aliphatic heterocycles. The summed E-state index contributed by atoms with van der Waals surface area (Å²) in [4.78, 5) is 0. The lowest BCUT2D eigenvalue weighted by atomic mass is 9.68. The number of rotatable bonds is 2. The van der Waals surface area contributed by atoms with Gasteiger partial charge in [0.2, 0.25) is 0 Å². The average molecular weight is 274 g/mol. The van der Waals surface area contributed by atoms with Crippen LogP contribution < -0.4 is 5.46 Å². The van der Waals surface area contributed by atoms with Crippen LogP contribution in [0, 0.1) is 5.41 Å². The molecule has 2 aliphatic rings. The highest BCUT2D eigenvalue weighted by Gasteiger charge is 2.39. The lowest BCUT2D eigenvalue weighted by Gasteiger charge is -2.41. The Kier molecular flexibility index (Phi) is 3.43. The molecule has 0 amide bonds. The van der Waals surface area contributed by atoms with Crippen molar-refractivity contribution in [3.05, 3.63) is 29.8 Å². The van der Waals surface area contributed by atoms with Crippen LogP contribution in [-0.2, 0) is 9.31 Å². The van der Waals surface area contributed by atoms with Gasteiger partial charge in [-0.05, 0) is 36.7 Å². The van der Waals surface area contributed by atoms with E-state index in [0.29, 0.717) is 5.92 Å². The Morgan fingerprint density at radius 1 is 1.05 bits per heavy atom. The molecule has 20 heavy (non-hydrogen) atoms. The minimum absolute atomic E-state index is 0.105. The minimum Gasteiger partial charge on any atom is -0.407 e. The van der Waals surface area contributed by atoms with Gasteiger partial charge in [0, 0.05) is 18.6 Å². The molecule has 3 nitrogen and oxygen atoms in total. The smallest absolute Gasteiger partial charge is 0.407 e. The third kappa shape index (κ3) is 2.92. The van der Waals surface area contributed by atoms with Crippen LogP contribution in [0.4, 0.5) is 0 Å². The van der Waals surface area contributed by atoms with Gasteiger partial charge in [0.25, 0.3) is 0 Å². The molecule has 0 bridgehead atoms. The fourth-order valence-electron chi connectivity index (χ4n) is 3.05. The van der Waals surface area contributed by atoms with Gasteiger partial charge in [-0.2, -0.15) is 0 Å². The van der Waals surface area contributed by atoms with Gasteiger partial charge in [0.15, 0.2) is 0 Å². The SMILES string of the molecule is CC1(C)COB(c2ccc(C3CC(C)(O)C3)cc2)OC1. The van der Waals surface area contributed by atoms with Gasteiger partial charge in [-0.3, -0.25) is 0 Å². The normalized spacial score (nSPS) is 32.8. The van der Waals surface area contributed by atoms with E-state index in [1.807, 2.05) is 6.92 Å². The maximum Gasteiger partial charge on any atom is 0.493 e. The fraction of sp³-hybridized carbons (Fsp3) is 0.625. The predicted octanol–water partition coefficient (Wildman–Crippen LogP) is 2.08. The molecule has 1 saturated heterocycles. The number of hydrogen-bond acceptors (Lipinski definition) is 3. The lowest BCUT2D eigenvalue weighted by molar-refractivity contribution is -0.0313. The van der Waals surface area contributed by atoms with Gasteiger partial charge < -0.3 is 14.4 Å². The zero-order valence-electron chi connectivity index (χ0n) is 12.6. The molecule has 0 atom stereocenters. The van der Waals surface area contributed by atoms with Crippen molar-refractivity contribution in [3.63, 3.8) is 0 Å². The van der Waals surface area contributed by atoms with Crippen molar-refractivity contribution in [2.24, 2.45) is 5.41 Å². The average Bonchev–Trinajstić information content (AvgIpc) is 2.36. The zero-order valence-corrected chi connectivity index (χ0v) is 12.6. The standard InChI is InChI=1S/C16H23BO3/c1-15(2)10-19-17(20-11-15)14-6-4-12(5-7-14)13-8-16(3,18)9-13/h4-7,13,18H,8-11H2,1-3H3. The molecule has 0 radical (unpaired) electrons. The highest BCUT2D eigenvalue weighted by molar-refractivity contribution is 6.61. The highest BCUT2D eigenvalue weighted by Crippen LogP contribution is 2.44. The zero-order chi connectivity index (χ0) is 14.4. The molecule has 1 saturated carbocycles. The molecule has 0 aromatic heterocycles. The molecule has 108 valence electrons. The van der Waals surface area contributed by atoms with Crippen molar-refractivity contribution in [1.29, 1.82) is 0 Å². The number of aliphatic hydroxyl groups is 1. The van der Waals surface area contributed by atoms with Crippen LogP contribution >= 0.6 is 0 Å². The Morgan fingerprint density at radius 3 is 2.10 bits per heavy atom. The van der Waals surface area contributed by atoms with E-state index in [1.54, 1.807) is 0 Å². The molecule has 0 unspecified atom stereocenters. The summed E-state index contributed by atoms with van der Waals surface area (Å²) in [5, 5.41) is 9.81. The topological polar surface area (TPSA) is 38.7 Å². The molecule has 0 spiro atoms. The third-order valence-corrected chi connectivity index (χ3v) is 4.30. The van der Waals surface area contributed by atoms with Gasteiger partial charge in [0.05, 0.1) is 5.60 Å². The van der Waals surface area contributed by atoms with Crippen LogP contribution in [0.15, 0.2) is 24.3 Å². The fourth-order valence-corrected chi connectivity index (χ4v) is 3.05. The predicted molar refractivity (Wildman–Crippen MR) is 80.1 cm³/mol. The van der Waals surface area contributed by atoms with Crippen LogP contribution in [0.25, 0.3) is 0 Å². The minimum atomic E-state index is -0.468. The van der Waals surface area contributed by atoms with Crippen molar-refractivity contribution < 1.29 is 14.4 Å². The second-order valence-electron chi connectivity index (χ2n) is 7.39. The van der Waals surface area contributed by atoms with E-state index in [0.717, 1.165) is 31.5 Å². The van der Waals surface area contributed by atoms with E-state index in [9.17, 15) is 5.11 Å². The molecule has 1 N–H and O–H groups in total. The summed E-state index contributed by atoms with van der Waals surface area (Å²) >= 11 is 0. The van der Waals surface area contributed by atoms with E-state index < -0.39 is 5.60 Å². The van der Waals surface area contributed by atoms with E-state index in [4.69, 9.17) is 9.31 Å². The van der Waals surface area contributed by atoms with Gasteiger partial charge in [-0.1, -0.05) is 38.1 Å². The monoisotopic (exact) mass is 274 g/mol. The first-order chi connectivity index (χ1) is 9.35. The van der Waals surface area contributed by atoms with E-state index in [1.165, 1.54) is 5.56 Å². The molecule has 1 heterocycles. The molecule has 1 aliphatic carbocycles. The van der Waals surface area contributed by atoms with Crippen molar-refractivity contribution in [2.75, 3.05) is 13.2 Å². The molecule has 1 aromatic rings. The molecule has 1 aromatic carbocycles. The van der Waals surface area contributed by atoms with Crippen LogP contribution in [-0.4, -0.2) is 31.0 Å². The van der Waals surface area contributed by atoms with E-state index in [2.05, 4.69) is 38.1 Å². The second kappa shape index (κ2) is 4.87. The largest absolute Gasteiger partial charge is 0.493 e. The van der Waals surface area contributed by atoms with Crippen LogP contribution in [0.3, 0.4) is 0 Å².